The summed E-state index contributed by atoms with van der Waals surface area (Å²) in [4.78, 5) is 32.9. The topological polar surface area (TPSA) is 104 Å². The Morgan fingerprint density at radius 1 is 1.04 bits per heavy atom. The molecule has 0 radical (unpaired) electrons. The van der Waals surface area contributed by atoms with Crippen molar-refractivity contribution in [3.63, 3.8) is 0 Å². The number of carbonyl (C=O) groups is 3. The zero-order chi connectivity index (χ0) is 20.0. The van der Waals surface area contributed by atoms with E-state index in [-0.39, 0.29) is 12.8 Å². The molecule has 1 atom stereocenters. The summed E-state index contributed by atoms with van der Waals surface area (Å²) >= 11 is 0. The Labute approximate surface area is 154 Å². The first-order valence-electron chi connectivity index (χ1n) is 8.49. The van der Waals surface area contributed by atoms with Crippen molar-refractivity contribution in [2.45, 2.75) is 38.2 Å². The Hall–Kier alpha value is -2.41. The smallest absolute Gasteiger partial charge is 0.327 e. The Morgan fingerprint density at radius 3 is 2.15 bits per heavy atom. The minimum atomic E-state index is -1.24. The normalized spacial score (nSPS) is 13.5. The van der Waals surface area contributed by atoms with Crippen LogP contribution in [0.4, 0.5) is 0 Å². The maximum atomic E-state index is 11.8. The molecule has 0 saturated carbocycles. The number of likely N-dealkylation sites (N-methyl/N-ethyl adjacent to an activating group) is 1. The fraction of sp³-hybridized carbons (Fsp3) is 0.526. The van der Waals surface area contributed by atoms with Crippen LogP contribution >= 0.6 is 0 Å². The highest BCUT2D eigenvalue weighted by Crippen LogP contribution is 2.07. The Bertz CT molecular complexity index is 543. The number of rotatable bonds is 13. The quantitative estimate of drug-likeness (QED) is 0.226. The lowest BCUT2D eigenvalue weighted by Gasteiger charge is -2.29. The zero-order valence-corrected chi connectivity index (χ0v) is 15.7. The lowest BCUT2D eigenvalue weighted by Crippen LogP contribution is -2.45. The number of hydrogen-bond donors (Lipinski definition) is 1. The maximum Gasteiger partial charge on any atom is 0.327 e. The number of quaternary nitrogens is 1. The van der Waals surface area contributed by atoms with Crippen LogP contribution < -0.4 is 5.11 Å². The van der Waals surface area contributed by atoms with Crippen molar-refractivity contribution in [2.75, 3.05) is 27.7 Å². The Kier molecular flexibility index (Phi) is 11.7. The van der Waals surface area contributed by atoms with Crippen LogP contribution in [-0.2, 0) is 19.1 Å². The van der Waals surface area contributed by atoms with Gasteiger partial charge in [-0.2, -0.15) is 0 Å². The minimum Gasteiger partial charge on any atom is -0.550 e. The van der Waals surface area contributed by atoms with E-state index >= 15 is 0 Å². The van der Waals surface area contributed by atoms with Crippen molar-refractivity contribution in [1.29, 1.82) is 0 Å². The van der Waals surface area contributed by atoms with Crippen LogP contribution in [0, 0.1) is 0 Å². The summed E-state index contributed by atoms with van der Waals surface area (Å²) in [6.45, 7) is 0.399. The van der Waals surface area contributed by atoms with E-state index in [0.717, 1.165) is 6.08 Å². The summed E-state index contributed by atoms with van der Waals surface area (Å²) in [6, 6.07) is 0. The van der Waals surface area contributed by atoms with Crippen molar-refractivity contribution >= 4 is 17.9 Å². The van der Waals surface area contributed by atoms with Crippen molar-refractivity contribution in [2.24, 2.45) is 0 Å². The number of carboxylic acid groups (broad SMARTS) is 2. The third-order valence-electron chi connectivity index (χ3n) is 3.10. The fourth-order valence-electron chi connectivity index (χ4n) is 2.12. The molecule has 0 saturated heterocycles. The largest absolute Gasteiger partial charge is 0.550 e. The summed E-state index contributed by atoms with van der Waals surface area (Å²) < 4.78 is 5.74. The number of ether oxygens (including phenoxy) is 1. The highest BCUT2D eigenvalue weighted by Gasteiger charge is 2.22. The molecular weight excluding hydrogens is 338 g/mol. The third kappa shape index (κ3) is 16.4. The molecule has 0 bridgehead atoms. The first-order chi connectivity index (χ1) is 12.1. The lowest BCUT2D eigenvalue weighted by atomic mass is 10.2. The molecule has 1 N–H and O–H groups in total. The molecule has 0 aromatic heterocycles. The SMILES string of the molecule is C[N+](C)(C)CC(CC(=O)[O-])OC(=O)CC/C=C/C/C=C/C/C=C/C(=O)O. The van der Waals surface area contributed by atoms with E-state index in [0.29, 0.717) is 30.3 Å². The average molecular weight is 367 g/mol. The van der Waals surface area contributed by atoms with E-state index in [1.165, 1.54) is 0 Å². The van der Waals surface area contributed by atoms with E-state index < -0.39 is 24.0 Å². The monoisotopic (exact) mass is 367 g/mol. The van der Waals surface area contributed by atoms with Gasteiger partial charge in [-0.3, -0.25) is 4.79 Å². The van der Waals surface area contributed by atoms with Crippen molar-refractivity contribution in [3.05, 3.63) is 36.5 Å². The summed E-state index contributed by atoms with van der Waals surface area (Å²) in [7, 11) is 5.68. The van der Waals surface area contributed by atoms with Gasteiger partial charge in [0.25, 0.3) is 0 Å². The molecule has 26 heavy (non-hydrogen) atoms. The van der Waals surface area contributed by atoms with Gasteiger partial charge in [0.15, 0.2) is 6.10 Å². The number of carbonyl (C=O) groups excluding carboxylic acids is 2. The number of esters is 1. The molecular formula is C19H29NO6. The minimum absolute atomic E-state index is 0.183. The molecule has 0 spiro atoms. The second kappa shape index (κ2) is 12.9. The van der Waals surface area contributed by atoms with Crippen LogP contribution in [-0.4, -0.2) is 61.3 Å². The molecule has 7 nitrogen and oxygen atoms in total. The highest BCUT2D eigenvalue weighted by molar-refractivity contribution is 5.79. The first-order valence-corrected chi connectivity index (χ1v) is 8.49. The van der Waals surface area contributed by atoms with E-state index in [1.807, 2.05) is 45.4 Å². The summed E-state index contributed by atoms with van der Waals surface area (Å²) in [5.74, 6) is -2.63. The Balaban J connectivity index is 4.09. The molecule has 0 amide bonds. The lowest BCUT2D eigenvalue weighted by molar-refractivity contribution is -0.873. The molecule has 0 aromatic carbocycles. The predicted octanol–water partition coefficient (Wildman–Crippen LogP) is 1.06. The first kappa shape index (κ1) is 23.6. The Morgan fingerprint density at radius 2 is 1.62 bits per heavy atom. The molecule has 0 fully saturated rings. The van der Waals surface area contributed by atoms with E-state index in [9.17, 15) is 19.5 Å². The number of nitrogens with zero attached hydrogens (tertiary/aromatic N) is 1. The van der Waals surface area contributed by atoms with Crippen molar-refractivity contribution in [3.8, 4) is 0 Å². The average Bonchev–Trinajstić information content (AvgIpc) is 2.46. The molecule has 0 aliphatic rings. The molecule has 0 rings (SSSR count). The van der Waals surface area contributed by atoms with Gasteiger partial charge in [0.1, 0.15) is 6.54 Å². The second-order valence-electron chi connectivity index (χ2n) is 6.85. The highest BCUT2D eigenvalue weighted by atomic mass is 16.5. The third-order valence-corrected chi connectivity index (χ3v) is 3.10. The van der Waals surface area contributed by atoms with Gasteiger partial charge in [0.05, 0.1) is 21.1 Å². The molecule has 0 aromatic rings. The van der Waals surface area contributed by atoms with Gasteiger partial charge in [0.2, 0.25) is 0 Å². The predicted molar refractivity (Wildman–Crippen MR) is 95.9 cm³/mol. The molecule has 0 heterocycles. The van der Waals surface area contributed by atoms with Crippen LogP contribution in [0.2, 0.25) is 0 Å². The zero-order valence-electron chi connectivity index (χ0n) is 15.7. The van der Waals surface area contributed by atoms with Crippen LogP contribution in [0.25, 0.3) is 0 Å². The second-order valence-corrected chi connectivity index (χ2v) is 6.85. The van der Waals surface area contributed by atoms with Gasteiger partial charge in [-0.05, 0) is 19.3 Å². The fourth-order valence-corrected chi connectivity index (χ4v) is 2.12. The number of aliphatic carboxylic acids is 2. The standard InChI is InChI=1S/C19H29NO6/c1-20(2,3)15-16(14-18(23)24)26-19(25)13-11-9-7-5-4-6-8-10-12-17(21)22/h4,6-7,9-10,12,16H,5,8,11,13-15H2,1-3H3,(H-,21,22,23,24)/b6-4+,9-7+,12-10+. The van der Waals surface area contributed by atoms with Crippen molar-refractivity contribution in [1.82, 2.24) is 0 Å². The van der Waals surface area contributed by atoms with Crippen LogP contribution in [0.15, 0.2) is 36.5 Å². The van der Waals surface area contributed by atoms with Gasteiger partial charge in [-0.15, -0.1) is 0 Å². The van der Waals surface area contributed by atoms with Gasteiger partial charge >= 0.3 is 11.9 Å². The van der Waals surface area contributed by atoms with Crippen LogP contribution in [0.3, 0.4) is 0 Å². The number of hydrogen-bond acceptors (Lipinski definition) is 5. The van der Waals surface area contributed by atoms with E-state index in [2.05, 4.69) is 0 Å². The van der Waals surface area contributed by atoms with Gasteiger partial charge < -0.3 is 24.2 Å². The van der Waals surface area contributed by atoms with Crippen LogP contribution in [0.1, 0.15) is 32.1 Å². The summed E-state index contributed by atoms with van der Waals surface area (Å²) in [6.07, 6.45) is 11.1. The summed E-state index contributed by atoms with van der Waals surface area (Å²) in [5.41, 5.74) is 0. The van der Waals surface area contributed by atoms with E-state index in [1.54, 1.807) is 6.08 Å². The summed E-state index contributed by atoms with van der Waals surface area (Å²) in [5, 5.41) is 19.2. The van der Waals surface area contributed by atoms with Gasteiger partial charge in [-0.1, -0.05) is 30.4 Å². The number of allylic oxidation sites excluding steroid dienone is 5. The maximum absolute atomic E-state index is 11.8. The van der Waals surface area contributed by atoms with E-state index in [4.69, 9.17) is 9.84 Å². The van der Waals surface area contributed by atoms with Crippen molar-refractivity contribution < 1.29 is 33.8 Å². The molecule has 146 valence electrons. The van der Waals surface area contributed by atoms with Gasteiger partial charge in [-0.25, -0.2) is 4.79 Å². The molecule has 0 aliphatic heterocycles. The molecule has 0 aliphatic carbocycles. The molecule has 7 heteroatoms. The number of carboxylic acids is 2. The molecule has 1 unspecified atom stereocenters. The van der Waals surface area contributed by atoms with Gasteiger partial charge in [0, 0.05) is 24.9 Å². The van der Waals surface area contributed by atoms with Crippen LogP contribution in [0.5, 0.6) is 0 Å².